The van der Waals surface area contributed by atoms with Gasteiger partial charge < -0.3 is 28.5 Å². The topological polar surface area (TPSA) is 165 Å². The molecular formula is C35H26F2N2O10S2. The first kappa shape index (κ1) is 36.3. The van der Waals surface area contributed by atoms with Gasteiger partial charge in [-0.1, -0.05) is 0 Å². The Morgan fingerprint density at radius 1 is 0.686 bits per heavy atom. The van der Waals surface area contributed by atoms with E-state index in [-0.39, 0.29) is 34.4 Å². The lowest BCUT2D eigenvalue weighted by Crippen LogP contribution is -2.25. The summed E-state index contributed by atoms with van der Waals surface area (Å²) < 4.78 is 42.4. The Morgan fingerprint density at radius 3 is 1.49 bits per heavy atom. The molecule has 6 rings (SSSR count). The molecule has 262 valence electrons. The van der Waals surface area contributed by atoms with Crippen molar-refractivity contribution in [2.45, 2.75) is 13.8 Å². The number of carbonyl (C=O) groups is 4. The third-order valence-electron chi connectivity index (χ3n) is 7.54. The van der Waals surface area contributed by atoms with E-state index in [4.69, 9.17) is 13.9 Å². The molecule has 4 heterocycles. The first-order valence-electron chi connectivity index (χ1n) is 14.6. The van der Waals surface area contributed by atoms with Gasteiger partial charge in [0.2, 0.25) is 0 Å². The van der Waals surface area contributed by atoms with E-state index in [0.29, 0.717) is 41.7 Å². The predicted octanol–water partition coefficient (Wildman–Crippen LogP) is 6.64. The molecule has 0 atom stereocenters. The number of esters is 1. The van der Waals surface area contributed by atoms with Gasteiger partial charge in [0.05, 0.1) is 16.5 Å². The highest BCUT2D eigenvalue weighted by Gasteiger charge is 2.22. The number of nitrogens with zero attached hydrogens (tertiary/aromatic N) is 2. The zero-order valence-electron chi connectivity index (χ0n) is 27.4. The van der Waals surface area contributed by atoms with Gasteiger partial charge in [-0.3, -0.25) is 9.59 Å². The summed E-state index contributed by atoms with van der Waals surface area (Å²) >= 11 is 2.29. The molecule has 0 spiro atoms. The first-order valence-corrected chi connectivity index (χ1v) is 16.3. The summed E-state index contributed by atoms with van der Waals surface area (Å²) in [5.41, 5.74) is -0.610. The van der Waals surface area contributed by atoms with Crippen LogP contribution in [0.5, 0.6) is 0 Å². The standard InChI is InChI=1S/C18H14FNO5S.C17H12FNO5S/c1-9-6-10(4-5-12(9)19)16(21)20(2)15-8-13-14(26-15)7-11(17(22)24-3)18(23)25-13;1-8-5-9(3-4-11(8)18)15(20)19(2)14-7-12-13(25-14)6-10(16(21)22)17(23)24-12/h4-8H,1-3H3;3-7H,1-2H3,(H,21,22). The summed E-state index contributed by atoms with van der Waals surface area (Å²) in [7, 11) is 4.26. The van der Waals surface area contributed by atoms with E-state index in [0.717, 1.165) is 11.3 Å². The molecule has 0 fully saturated rings. The summed E-state index contributed by atoms with van der Waals surface area (Å²) in [6.45, 7) is 3.14. The van der Waals surface area contributed by atoms with E-state index in [1.165, 1.54) is 96.0 Å². The van der Waals surface area contributed by atoms with Crippen molar-refractivity contribution in [1.29, 1.82) is 0 Å². The number of rotatable bonds is 6. The number of aromatic carboxylic acids is 1. The number of amides is 2. The Bertz CT molecular complexity index is 2500. The minimum Gasteiger partial charge on any atom is -0.477 e. The Hall–Kier alpha value is -6.00. The summed E-state index contributed by atoms with van der Waals surface area (Å²) in [5, 5.41) is 9.95. The van der Waals surface area contributed by atoms with Crippen LogP contribution in [0.3, 0.4) is 0 Å². The number of carboxylic acids is 1. The average molecular weight is 737 g/mol. The normalized spacial score (nSPS) is 10.8. The van der Waals surface area contributed by atoms with E-state index in [1.54, 1.807) is 20.9 Å². The number of ether oxygens (including phenoxy) is 1. The number of carboxylic acid groups (broad SMARTS) is 1. The molecule has 0 radical (unpaired) electrons. The number of methoxy groups -OCH3 is 1. The van der Waals surface area contributed by atoms with E-state index in [9.17, 15) is 37.5 Å². The van der Waals surface area contributed by atoms with Crippen LogP contribution in [0.1, 0.15) is 52.6 Å². The SMILES string of the molecule is COC(=O)c1cc2sc(N(C)C(=O)c3ccc(F)c(C)c3)cc2oc1=O.Cc1cc(C(=O)N(C)c2cc3oc(=O)c(C(=O)O)cc3s2)ccc1F. The summed E-state index contributed by atoms with van der Waals surface area (Å²) in [4.78, 5) is 74.0. The quantitative estimate of drug-likeness (QED) is 0.183. The number of benzene rings is 2. The van der Waals surface area contributed by atoms with Crippen molar-refractivity contribution in [3.05, 3.63) is 127 Å². The number of fused-ring (bicyclic) bond motifs is 2. The van der Waals surface area contributed by atoms with Gasteiger partial charge in [-0.05, 0) is 73.5 Å². The number of halogens is 2. The second-order valence-corrected chi connectivity index (χ2v) is 13.1. The van der Waals surface area contributed by atoms with Gasteiger partial charge in [0.1, 0.15) is 32.8 Å². The Kier molecular flexibility index (Phi) is 10.3. The van der Waals surface area contributed by atoms with Gasteiger partial charge in [0.25, 0.3) is 11.8 Å². The lowest BCUT2D eigenvalue weighted by molar-refractivity contribution is 0.0595. The molecule has 0 saturated heterocycles. The van der Waals surface area contributed by atoms with Crippen molar-refractivity contribution in [2.24, 2.45) is 0 Å². The van der Waals surface area contributed by atoms with Crippen molar-refractivity contribution in [2.75, 3.05) is 31.0 Å². The molecular weight excluding hydrogens is 711 g/mol. The molecule has 0 unspecified atom stereocenters. The number of hydrogen-bond donors (Lipinski definition) is 1. The van der Waals surface area contributed by atoms with Crippen LogP contribution in [0.15, 0.2) is 79.1 Å². The molecule has 0 aliphatic carbocycles. The van der Waals surface area contributed by atoms with Gasteiger partial charge in [-0.2, -0.15) is 0 Å². The molecule has 12 nitrogen and oxygen atoms in total. The first-order chi connectivity index (χ1) is 24.1. The second kappa shape index (κ2) is 14.5. The maximum atomic E-state index is 13.4. The molecule has 0 aliphatic heterocycles. The molecule has 16 heteroatoms. The van der Waals surface area contributed by atoms with Crippen LogP contribution >= 0.6 is 22.7 Å². The molecule has 2 aromatic carbocycles. The van der Waals surface area contributed by atoms with Gasteiger partial charge in [0, 0.05) is 37.4 Å². The van der Waals surface area contributed by atoms with Crippen molar-refractivity contribution < 1.29 is 46.6 Å². The molecule has 51 heavy (non-hydrogen) atoms. The molecule has 1 N–H and O–H groups in total. The van der Waals surface area contributed by atoms with Crippen LogP contribution in [-0.4, -0.2) is 50.1 Å². The van der Waals surface area contributed by atoms with E-state index in [1.807, 2.05) is 0 Å². The molecule has 2 amide bonds. The van der Waals surface area contributed by atoms with Gasteiger partial charge in [0.15, 0.2) is 11.2 Å². The van der Waals surface area contributed by atoms with E-state index >= 15 is 0 Å². The van der Waals surface area contributed by atoms with Crippen LogP contribution in [-0.2, 0) is 4.74 Å². The zero-order chi connectivity index (χ0) is 37.3. The third-order valence-corrected chi connectivity index (χ3v) is 9.82. The molecule has 4 aromatic heterocycles. The average Bonchev–Trinajstić information content (AvgIpc) is 3.72. The third kappa shape index (κ3) is 7.46. The van der Waals surface area contributed by atoms with Crippen molar-refractivity contribution in [1.82, 2.24) is 0 Å². The maximum absolute atomic E-state index is 13.4. The Balaban J connectivity index is 0.000000198. The van der Waals surface area contributed by atoms with Gasteiger partial charge in [-0.15, -0.1) is 22.7 Å². The summed E-state index contributed by atoms with van der Waals surface area (Å²) in [6, 6.07) is 13.8. The highest BCUT2D eigenvalue weighted by Crippen LogP contribution is 2.34. The van der Waals surface area contributed by atoms with E-state index in [2.05, 4.69) is 4.74 Å². The molecule has 6 aromatic rings. The minimum absolute atomic E-state index is 0.199. The monoisotopic (exact) mass is 736 g/mol. The predicted molar refractivity (Wildman–Crippen MR) is 187 cm³/mol. The number of carbonyl (C=O) groups excluding carboxylic acids is 3. The number of aryl methyl sites for hydroxylation is 2. The second-order valence-electron chi connectivity index (χ2n) is 11.0. The highest BCUT2D eigenvalue weighted by atomic mass is 32.1. The fraction of sp³-hybridized carbons (Fsp3) is 0.143. The Labute approximate surface area is 294 Å². The molecule has 0 bridgehead atoms. The van der Waals surface area contributed by atoms with Crippen LogP contribution < -0.4 is 21.1 Å². The lowest BCUT2D eigenvalue weighted by Gasteiger charge is -2.15. The van der Waals surface area contributed by atoms with Crippen LogP contribution in [0.25, 0.3) is 20.6 Å². The number of hydrogen-bond acceptors (Lipinski definition) is 11. The fourth-order valence-electron chi connectivity index (χ4n) is 4.68. The van der Waals surface area contributed by atoms with Gasteiger partial charge in [-0.25, -0.2) is 28.0 Å². The van der Waals surface area contributed by atoms with Crippen LogP contribution in [0.2, 0.25) is 0 Å². The lowest BCUT2D eigenvalue weighted by atomic mass is 10.1. The maximum Gasteiger partial charge on any atom is 0.351 e. The van der Waals surface area contributed by atoms with Crippen LogP contribution in [0, 0.1) is 25.5 Å². The van der Waals surface area contributed by atoms with Crippen molar-refractivity contribution in [3.8, 4) is 0 Å². The smallest absolute Gasteiger partial charge is 0.351 e. The van der Waals surface area contributed by atoms with Crippen LogP contribution in [0.4, 0.5) is 18.8 Å². The number of anilines is 2. The van der Waals surface area contributed by atoms with Gasteiger partial charge >= 0.3 is 23.2 Å². The van der Waals surface area contributed by atoms with E-state index < -0.39 is 34.6 Å². The summed E-state index contributed by atoms with van der Waals surface area (Å²) in [5.74, 6) is -3.66. The zero-order valence-corrected chi connectivity index (χ0v) is 29.0. The molecule has 0 aliphatic rings. The Morgan fingerprint density at radius 2 is 1.10 bits per heavy atom. The van der Waals surface area contributed by atoms with Crippen molar-refractivity contribution in [3.63, 3.8) is 0 Å². The highest BCUT2D eigenvalue weighted by molar-refractivity contribution is 7.23. The molecule has 0 saturated carbocycles. The minimum atomic E-state index is -1.38. The summed E-state index contributed by atoms with van der Waals surface area (Å²) in [6.07, 6.45) is 0. The largest absolute Gasteiger partial charge is 0.477 e. The van der Waals surface area contributed by atoms with Crippen molar-refractivity contribution >= 4 is 77.0 Å². The number of thiophene rings is 2. The fourth-order valence-corrected chi connectivity index (χ4v) is 6.65.